The van der Waals surface area contributed by atoms with Crippen LogP contribution >= 0.6 is 12.2 Å². The van der Waals surface area contributed by atoms with E-state index in [1.54, 1.807) is 16.7 Å². The molecule has 0 spiro atoms. The number of aliphatic hydroxyl groups excluding tert-OH is 4. The van der Waals surface area contributed by atoms with E-state index in [1.165, 1.54) is 6.26 Å². The maximum atomic E-state index is 10.6. The van der Waals surface area contributed by atoms with E-state index in [-0.39, 0.29) is 10.2 Å². The predicted octanol–water partition coefficient (Wildman–Crippen LogP) is 1.20. The van der Waals surface area contributed by atoms with Crippen molar-refractivity contribution < 1.29 is 29.6 Å². The van der Waals surface area contributed by atoms with Crippen LogP contribution in [-0.2, 0) is 17.6 Å². The molecule has 0 aromatic carbocycles. The van der Waals surface area contributed by atoms with E-state index in [2.05, 4.69) is 6.07 Å². The number of pyridine rings is 1. The molecular formula is C20H22N2O6S. The molecule has 4 N–H and O–H groups in total. The van der Waals surface area contributed by atoms with Crippen molar-refractivity contribution in [3.63, 3.8) is 0 Å². The third-order valence-corrected chi connectivity index (χ3v) is 6.12. The Morgan fingerprint density at radius 3 is 2.59 bits per heavy atom. The van der Waals surface area contributed by atoms with Crippen LogP contribution in [0.1, 0.15) is 35.9 Å². The average Bonchev–Trinajstić information content (AvgIpc) is 3.26. The van der Waals surface area contributed by atoms with Crippen LogP contribution in [0, 0.1) is 16.0 Å². The molecule has 4 rings (SSSR count). The highest BCUT2D eigenvalue weighted by molar-refractivity contribution is 7.71. The van der Waals surface area contributed by atoms with Gasteiger partial charge in [0.25, 0.3) is 0 Å². The van der Waals surface area contributed by atoms with Gasteiger partial charge in [0.15, 0.2) is 6.23 Å². The minimum absolute atomic E-state index is 0.156. The first-order valence-electron chi connectivity index (χ1n) is 9.54. The highest BCUT2D eigenvalue weighted by Crippen LogP contribution is 2.39. The molecule has 0 saturated carbocycles. The zero-order valence-electron chi connectivity index (χ0n) is 15.6. The molecule has 0 bridgehead atoms. The Morgan fingerprint density at radius 1 is 1.17 bits per heavy atom. The molecule has 1 aliphatic heterocycles. The van der Waals surface area contributed by atoms with Gasteiger partial charge in [-0.2, -0.15) is 5.26 Å². The number of fused-ring (bicyclic) bond motifs is 1. The topological polar surface area (TPSA) is 132 Å². The molecule has 8 nitrogen and oxygen atoms in total. The van der Waals surface area contributed by atoms with Gasteiger partial charge < -0.3 is 34.1 Å². The maximum Gasteiger partial charge on any atom is 0.164 e. The molecule has 0 amide bonds. The molecule has 9 heteroatoms. The monoisotopic (exact) mass is 418 g/mol. The average molecular weight is 418 g/mol. The van der Waals surface area contributed by atoms with Gasteiger partial charge in [-0.15, -0.1) is 0 Å². The fourth-order valence-electron chi connectivity index (χ4n) is 4.29. The van der Waals surface area contributed by atoms with Gasteiger partial charge in [0.1, 0.15) is 40.9 Å². The second-order valence-corrected chi connectivity index (χ2v) is 7.75. The van der Waals surface area contributed by atoms with Crippen molar-refractivity contribution in [2.75, 3.05) is 6.61 Å². The lowest BCUT2D eigenvalue weighted by Gasteiger charge is -2.42. The SMILES string of the molecule is N#Cc1c(-c2ccco2)c2c(n([C@@H]3O[C@H](CO)[C@@H](O)[C@H](O)[C@H]3O)c1=S)CCCC2. The molecule has 0 unspecified atom stereocenters. The molecule has 5 atom stereocenters. The number of ether oxygens (including phenoxy) is 1. The van der Waals surface area contributed by atoms with Crippen LogP contribution < -0.4 is 0 Å². The summed E-state index contributed by atoms with van der Waals surface area (Å²) in [6.07, 6.45) is -1.96. The lowest BCUT2D eigenvalue weighted by molar-refractivity contribution is -0.252. The van der Waals surface area contributed by atoms with Gasteiger partial charge in [-0.3, -0.25) is 0 Å². The normalized spacial score (nSPS) is 29.3. The first-order valence-corrected chi connectivity index (χ1v) is 9.95. The Labute approximate surface area is 172 Å². The Hall–Kier alpha value is -2.06. The van der Waals surface area contributed by atoms with Crippen LogP contribution in [0.5, 0.6) is 0 Å². The van der Waals surface area contributed by atoms with E-state index in [4.69, 9.17) is 21.4 Å². The van der Waals surface area contributed by atoms with Gasteiger partial charge in [-0.05, 0) is 43.4 Å². The standard InChI is InChI=1S/C20H22N2O6S/c21-8-11-15(13-6-3-7-27-13)10-4-1-2-5-12(10)22(20(11)29)19-18(26)17(25)16(24)14(9-23)28-19/h3,6-7,14,16-19,23-26H,1-2,4-5,9H2/t14-,16-,17+,18-,19-/m1/s1. The zero-order valence-corrected chi connectivity index (χ0v) is 16.4. The van der Waals surface area contributed by atoms with Crippen LogP contribution in [0.25, 0.3) is 11.3 Å². The van der Waals surface area contributed by atoms with Crippen molar-refractivity contribution in [1.82, 2.24) is 4.57 Å². The molecule has 154 valence electrons. The molecule has 1 aliphatic carbocycles. The van der Waals surface area contributed by atoms with Crippen LogP contribution in [0.15, 0.2) is 22.8 Å². The molecule has 3 heterocycles. The zero-order chi connectivity index (χ0) is 20.7. The van der Waals surface area contributed by atoms with Crippen LogP contribution in [0.3, 0.4) is 0 Å². The third-order valence-electron chi connectivity index (χ3n) is 5.71. The summed E-state index contributed by atoms with van der Waals surface area (Å²) in [7, 11) is 0. The summed E-state index contributed by atoms with van der Waals surface area (Å²) in [6, 6.07) is 5.68. The Bertz CT molecular complexity index is 994. The molecule has 2 aromatic heterocycles. The second kappa shape index (κ2) is 7.99. The molecule has 1 saturated heterocycles. The van der Waals surface area contributed by atoms with Gasteiger partial charge in [0.2, 0.25) is 0 Å². The summed E-state index contributed by atoms with van der Waals surface area (Å²) in [6.45, 7) is -0.535. The second-order valence-electron chi connectivity index (χ2n) is 7.37. The fourth-order valence-corrected chi connectivity index (χ4v) is 4.65. The summed E-state index contributed by atoms with van der Waals surface area (Å²) < 4.78 is 13.0. The summed E-state index contributed by atoms with van der Waals surface area (Å²) in [5, 5.41) is 50.4. The van der Waals surface area contributed by atoms with Crippen LogP contribution in [0.2, 0.25) is 0 Å². The van der Waals surface area contributed by atoms with E-state index in [9.17, 15) is 25.7 Å². The first kappa shape index (κ1) is 20.2. The van der Waals surface area contributed by atoms with E-state index in [1.807, 2.05) is 0 Å². The lowest BCUT2D eigenvalue weighted by Crippen LogP contribution is -2.57. The minimum Gasteiger partial charge on any atom is -0.464 e. The molecule has 2 aromatic rings. The summed E-state index contributed by atoms with van der Waals surface area (Å²) in [5.74, 6) is 0.548. The van der Waals surface area contributed by atoms with Gasteiger partial charge in [-0.1, -0.05) is 12.2 Å². The highest BCUT2D eigenvalue weighted by Gasteiger charge is 2.45. The molecule has 0 radical (unpaired) electrons. The van der Waals surface area contributed by atoms with Gasteiger partial charge in [0, 0.05) is 11.3 Å². The van der Waals surface area contributed by atoms with E-state index in [0.717, 1.165) is 24.1 Å². The maximum absolute atomic E-state index is 10.6. The molecular weight excluding hydrogens is 396 g/mol. The van der Waals surface area contributed by atoms with Crippen molar-refractivity contribution in [2.24, 2.45) is 0 Å². The van der Waals surface area contributed by atoms with E-state index in [0.29, 0.717) is 24.2 Å². The third kappa shape index (κ3) is 3.22. The van der Waals surface area contributed by atoms with Crippen molar-refractivity contribution in [2.45, 2.75) is 56.3 Å². The number of hydrogen-bond acceptors (Lipinski definition) is 8. The minimum atomic E-state index is -1.53. The number of hydrogen-bond donors (Lipinski definition) is 4. The summed E-state index contributed by atoms with van der Waals surface area (Å²) in [4.78, 5) is 0. The fraction of sp³-hybridized carbons (Fsp3) is 0.500. The smallest absolute Gasteiger partial charge is 0.164 e. The summed E-state index contributed by atoms with van der Waals surface area (Å²) >= 11 is 5.62. The van der Waals surface area contributed by atoms with Gasteiger partial charge in [-0.25, -0.2) is 0 Å². The van der Waals surface area contributed by atoms with Crippen molar-refractivity contribution in [3.05, 3.63) is 39.9 Å². The molecule has 2 aliphatic rings. The molecule has 29 heavy (non-hydrogen) atoms. The van der Waals surface area contributed by atoms with Crippen molar-refractivity contribution >= 4 is 12.2 Å². The number of nitrogens with zero attached hydrogens (tertiary/aromatic N) is 2. The van der Waals surface area contributed by atoms with Crippen molar-refractivity contribution in [1.29, 1.82) is 5.26 Å². The number of rotatable bonds is 3. The van der Waals surface area contributed by atoms with E-state index >= 15 is 0 Å². The quantitative estimate of drug-likeness (QED) is 0.547. The van der Waals surface area contributed by atoms with Crippen LogP contribution in [0.4, 0.5) is 0 Å². The van der Waals surface area contributed by atoms with Gasteiger partial charge in [0.05, 0.1) is 18.4 Å². The lowest BCUT2D eigenvalue weighted by atomic mass is 9.88. The Morgan fingerprint density at radius 2 is 1.93 bits per heavy atom. The number of aromatic nitrogens is 1. The highest BCUT2D eigenvalue weighted by atomic mass is 32.1. The Balaban J connectivity index is 1.96. The molecule has 1 fully saturated rings. The largest absolute Gasteiger partial charge is 0.464 e. The summed E-state index contributed by atoms with van der Waals surface area (Å²) in [5.41, 5.74) is 2.58. The van der Waals surface area contributed by atoms with Gasteiger partial charge >= 0.3 is 0 Å². The van der Waals surface area contributed by atoms with Crippen molar-refractivity contribution in [3.8, 4) is 17.4 Å². The number of furan rings is 1. The Kier molecular flexibility index (Phi) is 5.57. The van der Waals surface area contributed by atoms with Crippen LogP contribution in [-0.4, -0.2) is 56.0 Å². The first-order chi connectivity index (χ1) is 14.0. The number of nitriles is 1. The predicted molar refractivity (Wildman–Crippen MR) is 103 cm³/mol. The van der Waals surface area contributed by atoms with E-state index < -0.39 is 37.3 Å². The number of aliphatic hydroxyl groups is 4.